The van der Waals surface area contributed by atoms with E-state index in [2.05, 4.69) is 48.4 Å². The maximum absolute atomic E-state index is 5.60. The summed E-state index contributed by atoms with van der Waals surface area (Å²) in [6.45, 7) is 5.25. The Labute approximate surface area is 126 Å². The molecule has 1 aromatic heterocycles. The summed E-state index contributed by atoms with van der Waals surface area (Å²) in [5, 5.41) is 3.72. The fourth-order valence-corrected chi connectivity index (χ4v) is 2.95. The molecular formula is C17H23N3O. The van der Waals surface area contributed by atoms with Crippen LogP contribution in [0.15, 0.2) is 43.0 Å². The van der Waals surface area contributed by atoms with E-state index < -0.39 is 0 Å². The molecular weight excluding hydrogens is 262 g/mol. The SMILES string of the molecule is CC1CC(NC(C)c2ccc(-n3ccnc3)cc2)CCO1. The smallest absolute Gasteiger partial charge is 0.0991 e. The second-order valence-electron chi connectivity index (χ2n) is 5.85. The Morgan fingerprint density at radius 3 is 2.81 bits per heavy atom. The molecule has 2 aromatic rings. The molecule has 3 rings (SSSR count). The van der Waals surface area contributed by atoms with Crippen molar-refractivity contribution in [1.29, 1.82) is 0 Å². The molecule has 1 aliphatic rings. The lowest BCUT2D eigenvalue weighted by molar-refractivity contribution is 0.0116. The van der Waals surface area contributed by atoms with E-state index in [1.165, 1.54) is 5.56 Å². The normalized spacial score (nSPS) is 23.9. The first-order chi connectivity index (χ1) is 10.2. The van der Waals surface area contributed by atoms with Gasteiger partial charge in [-0.25, -0.2) is 4.98 Å². The lowest BCUT2D eigenvalue weighted by atomic mass is 10.0. The highest BCUT2D eigenvalue weighted by Gasteiger charge is 2.20. The number of benzene rings is 1. The number of rotatable bonds is 4. The summed E-state index contributed by atoms with van der Waals surface area (Å²) in [6, 6.07) is 9.57. The van der Waals surface area contributed by atoms with Crippen LogP contribution in [-0.2, 0) is 4.74 Å². The molecule has 21 heavy (non-hydrogen) atoms. The van der Waals surface area contributed by atoms with Gasteiger partial charge in [-0.15, -0.1) is 0 Å². The van der Waals surface area contributed by atoms with E-state index in [9.17, 15) is 0 Å². The van der Waals surface area contributed by atoms with Crippen LogP contribution in [0.5, 0.6) is 0 Å². The molecule has 1 N–H and O–H groups in total. The largest absolute Gasteiger partial charge is 0.378 e. The molecule has 2 heterocycles. The highest BCUT2D eigenvalue weighted by molar-refractivity contribution is 5.35. The predicted octanol–water partition coefficient (Wildman–Crippen LogP) is 3.09. The Morgan fingerprint density at radius 1 is 1.33 bits per heavy atom. The molecule has 0 spiro atoms. The van der Waals surface area contributed by atoms with Crippen molar-refractivity contribution in [2.45, 2.75) is 44.9 Å². The van der Waals surface area contributed by atoms with Gasteiger partial charge < -0.3 is 14.6 Å². The first kappa shape index (κ1) is 14.3. The zero-order valence-corrected chi connectivity index (χ0v) is 12.7. The van der Waals surface area contributed by atoms with Crippen molar-refractivity contribution in [2.24, 2.45) is 0 Å². The van der Waals surface area contributed by atoms with Crippen LogP contribution in [0.1, 0.15) is 38.3 Å². The summed E-state index contributed by atoms with van der Waals surface area (Å²) in [7, 11) is 0. The third kappa shape index (κ3) is 3.52. The minimum atomic E-state index is 0.358. The van der Waals surface area contributed by atoms with Crippen molar-refractivity contribution < 1.29 is 4.74 Å². The summed E-state index contributed by atoms with van der Waals surface area (Å²) in [5.41, 5.74) is 2.46. The Morgan fingerprint density at radius 2 is 2.14 bits per heavy atom. The molecule has 0 bridgehead atoms. The molecule has 4 nitrogen and oxygen atoms in total. The topological polar surface area (TPSA) is 39.1 Å². The van der Waals surface area contributed by atoms with Gasteiger partial charge in [0.1, 0.15) is 0 Å². The van der Waals surface area contributed by atoms with E-state index in [4.69, 9.17) is 4.74 Å². The van der Waals surface area contributed by atoms with Gasteiger partial charge in [-0.05, 0) is 44.4 Å². The third-order valence-corrected chi connectivity index (χ3v) is 4.17. The number of hydrogen-bond donors (Lipinski definition) is 1. The maximum atomic E-state index is 5.60. The summed E-state index contributed by atoms with van der Waals surface area (Å²) >= 11 is 0. The second-order valence-corrected chi connectivity index (χ2v) is 5.85. The van der Waals surface area contributed by atoms with E-state index in [-0.39, 0.29) is 0 Å². The van der Waals surface area contributed by atoms with Crippen molar-refractivity contribution in [3.8, 4) is 5.69 Å². The molecule has 1 aromatic carbocycles. The van der Waals surface area contributed by atoms with Crippen LogP contribution >= 0.6 is 0 Å². The minimum Gasteiger partial charge on any atom is -0.378 e. The summed E-state index contributed by atoms with van der Waals surface area (Å²) in [6.07, 6.45) is 8.14. The van der Waals surface area contributed by atoms with Gasteiger partial charge in [-0.1, -0.05) is 12.1 Å². The molecule has 1 aliphatic heterocycles. The van der Waals surface area contributed by atoms with Gasteiger partial charge >= 0.3 is 0 Å². The third-order valence-electron chi connectivity index (χ3n) is 4.17. The number of nitrogens with zero attached hydrogens (tertiary/aromatic N) is 2. The zero-order chi connectivity index (χ0) is 14.7. The standard InChI is InChI=1S/C17H23N3O/c1-13-11-16(7-10-21-13)19-14(2)15-3-5-17(6-4-15)20-9-8-18-12-20/h3-6,8-9,12-14,16,19H,7,10-11H2,1-2H3. The monoisotopic (exact) mass is 285 g/mol. The molecule has 3 unspecified atom stereocenters. The highest BCUT2D eigenvalue weighted by atomic mass is 16.5. The molecule has 1 saturated heterocycles. The van der Waals surface area contributed by atoms with Crippen molar-refractivity contribution in [1.82, 2.24) is 14.9 Å². The van der Waals surface area contributed by atoms with Gasteiger partial charge in [-0.3, -0.25) is 0 Å². The number of nitrogens with one attached hydrogen (secondary N) is 1. The van der Waals surface area contributed by atoms with Crippen molar-refractivity contribution in [3.63, 3.8) is 0 Å². The Bertz CT molecular complexity index is 550. The molecule has 0 saturated carbocycles. The second kappa shape index (κ2) is 6.41. The van der Waals surface area contributed by atoms with Gasteiger partial charge in [0.25, 0.3) is 0 Å². The molecule has 4 heteroatoms. The van der Waals surface area contributed by atoms with Crippen LogP contribution < -0.4 is 5.32 Å². The van der Waals surface area contributed by atoms with E-state index in [1.807, 2.05) is 17.1 Å². The van der Waals surface area contributed by atoms with Crippen molar-refractivity contribution >= 4 is 0 Å². The van der Waals surface area contributed by atoms with E-state index >= 15 is 0 Å². The number of imidazole rings is 1. The zero-order valence-electron chi connectivity index (χ0n) is 12.7. The Kier molecular flexibility index (Phi) is 4.36. The van der Waals surface area contributed by atoms with Crippen LogP contribution in [0, 0.1) is 0 Å². The molecule has 0 aliphatic carbocycles. The predicted molar refractivity (Wildman–Crippen MR) is 83.6 cm³/mol. The van der Waals surface area contributed by atoms with Gasteiger partial charge in [-0.2, -0.15) is 0 Å². The van der Waals surface area contributed by atoms with Crippen LogP contribution in [0.4, 0.5) is 0 Å². The number of hydrogen-bond acceptors (Lipinski definition) is 3. The Balaban J connectivity index is 1.63. The van der Waals surface area contributed by atoms with Gasteiger partial charge in [0.05, 0.1) is 12.4 Å². The molecule has 3 atom stereocenters. The number of ether oxygens (including phenoxy) is 1. The van der Waals surface area contributed by atoms with Gasteiger partial charge in [0.15, 0.2) is 0 Å². The van der Waals surface area contributed by atoms with E-state index in [0.29, 0.717) is 18.2 Å². The maximum Gasteiger partial charge on any atom is 0.0991 e. The average Bonchev–Trinajstić information content (AvgIpc) is 3.01. The van der Waals surface area contributed by atoms with E-state index in [1.54, 1.807) is 6.20 Å². The molecule has 0 radical (unpaired) electrons. The molecule has 0 amide bonds. The van der Waals surface area contributed by atoms with Crippen LogP contribution in [0.3, 0.4) is 0 Å². The van der Waals surface area contributed by atoms with Crippen LogP contribution in [-0.4, -0.2) is 28.3 Å². The lowest BCUT2D eigenvalue weighted by Crippen LogP contribution is -2.39. The first-order valence-electron chi connectivity index (χ1n) is 7.68. The fourth-order valence-electron chi connectivity index (χ4n) is 2.95. The summed E-state index contributed by atoms with van der Waals surface area (Å²) in [5.74, 6) is 0. The van der Waals surface area contributed by atoms with Crippen molar-refractivity contribution in [2.75, 3.05) is 6.61 Å². The summed E-state index contributed by atoms with van der Waals surface area (Å²) < 4.78 is 7.62. The molecule has 1 fully saturated rings. The average molecular weight is 285 g/mol. The molecule has 112 valence electrons. The number of aromatic nitrogens is 2. The Hall–Kier alpha value is -1.65. The fraction of sp³-hybridized carbons (Fsp3) is 0.471. The van der Waals surface area contributed by atoms with Gasteiger partial charge in [0, 0.05) is 36.8 Å². The minimum absolute atomic E-state index is 0.358. The van der Waals surface area contributed by atoms with Crippen molar-refractivity contribution in [3.05, 3.63) is 48.5 Å². The van der Waals surface area contributed by atoms with Gasteiger partial charge in [0.2, 0.25) is 0 Å². The summed E-state index contributed by atoms with van der Waals surface area (Å²) in [4.78, 5) is 4.08. The van der Waals surface area contributed by atoms with Crippen LogP contribution in [0.2, 0.25) is 0 Å². The first-order valence-corrected chi connectivity index (χ1v) is 7.68. The van der Waals surface area contributed by atoms with Crippen LogP contribution in [0.25, 0.3) is 5.69 Å². The highest BCUT2D eigenvalue weighted by Crippen LogP contribution is 2.20. The van der Waals surface area contributed by atoms with E-state index in [0.717, 1.165) is 25.1 Å². The quantitative estimate of drug-likeness (QED) is 0.938. The lowest BCUT2D eigenvalue weighted by Gasteiger charge is -2.30.